The molecule has 1 N–H and O–H groups in total. The van der Waals surface area contributed by atoms with Gasteiger partial charge in [-0.25, -0.2) is 4.79 Å². The Labute approximate surface area is 71.8 Å². The van der Waals surface area contributed by atoms with E-state index < -0.39 is 16.1 Å². The molecule has 0 radical (unpaired) electrons. The van der Waals surface area contributed by atoms with Gasteiger partial charge >= 0.3 is 5.97 Å². The SMILES string of the molecule is C=CC(=O)O.CCS(=O)(=O)OC. The number of hydrogen-bond acceptors (Lipinski definition) is 4. The van der Waals surface area contributed by atoms with Crippen LogP contribution in [-0.2, 0) is 19.1 Å². The minimum absolute atomic E-state index is 0.0451. The fourth-order valence-electron chi connectivity index (χ4n) is 0.118. The summed E-state index contributed by atoms with van der Waals surface area (Å²) in [6, 6.07) is 0. The van der Waals surface area contributed by atoms with E-state index in [0.29, 0.717) is 0 Å². The standard InChI is InChI=1S/C3H8O3S.C3H4O2/c1-3-7(4,5)6-2;1-2-3(4)5/h3H2,1-2H3;2H,1H2,(H,4,5). The predicted molar refractivity (Wildman–Crippen MR) is 44.3 cm³/mol. The van der Waals surface area contributed by atoms with Crippen LogP contribution in [0.5, 0.6) is 0 Å². The summed E-state index contributed by atoms with van der Waals surface area (Å²) in [5, 5.41) is 7.60. The Morgan fingerprint density at radius 2 is 2.00 bits per heavy atom. The molecule has 5 nitrogen and oxygen atoms in total. The highest BCUT2D eigenvalue weighted by Gasteiger charge is 2.00. The molecule has 0 aliphatic rings. The monoisotopic (exact) mass is 196 g/mol. The molecule has 0 aromatic carbocycles. The van der Waals surface area contributed by atoms with E-state index in [9.17, 15) is 13.2 Å². The number of hydrogen-bond donors (Lipinski definition) is 1. The molecule has 12 heavy (non-hydrogen) atoms. The van der Waals surface area contributed by atoms with Crippen molar-refractivity contribution in [1.29, 1.82) is 0 Å². The molecule has 72 valence electrons. The van der Waals surface area contributed by atoms with Gasteiger partial charge in [0.2, 0.25) is 0 Å². The maximum atomic E-state index is 10.1. The second-order valence-electron chi connectivity index (χ2n) is 1.56. The van der Waals surface area contributed by atoms with Crippen molar-refractivity contribution in [3.05, 3.63) is 12.7 Å². The number of carboxylic acids is 1. The van der Waals surface area contributed by atoms with Gasteiger partial charge in [-0.15, -0.1) is 0 Å². The predicted octanol–water partition coefficient (Wildman–Crippen LogP) is 0.239. The summed E-state index contributed by atoms with van der Waals surface area (Å²) >= 11 is 0. The second-order valence-corrected chi connectivity index (χ2v) is 3.58. The van der Waals surface area contributed by atoms with E-state index in [0.717, 1.165) is 13.2 Å². The second kappa shape index (κ2) is 6.81. The molecule has 0 fully saturated rings. The zero-order valence-electron chi connectivity index (χ0n) is 6.98. The maximum Gasteiger partial charge on any atom is 0.327 e. The van der Waals surface area contributed by atoms with E-state index in [-0.39, 0.29) is 5.75 Å². The van der Waals surface area contributed by atoms with E-state index in [1.807, 2.05) is 0 Å². The third-order valence-corrected chi connectivity index (χ3v) is 2.00. The number of rotatable bonds is 3. The van der Waals surface area contributed by atoms with Gasteiger partial charge in [0.05, 0.1) is 12.9 Å². The molecule has 0 aliphatic carbocycles. The Bertz CT molecular complexity index is 218. The summed E-state index contributed by atoms with van der Waals surface area (Å²) in [6.07, 6.45) is 0.833. The smallest absolute Gasteiger partial charge is 0.327 e. The zero-order chi connectivity index (χ0) is 10.2. The molecule has 0 rings (SSSR count). The Morgan fingerprint density at radius 3 is 2.00 bits per heavy atom. The van der Waals surface area contributed by atoms with Crippen LogP contribution in [0.2, 0.25) is 0 Å². The lowest BCUT2D eigenvalue weighted by molar-refractivity contribution is -0.131. The Morgan fingerprint density at radius 1 is 1.67 bits per heavy atom. The van der Waals surface area contributed by atoms with Crippen molar-refractivity contribution < 1.29 is 22.5 Å². The zero-order valence-corrected chi connectivity index (χ0v) is 7.80. The molecule has 0 aromatic rings. The van der Waals surface area contributed by atoms with Crippen molar-refractivity contribution in [2.75, 3.05) is 12.9 Å². The molecule has 0 aromatic heterocycles. The summed E-state index contributed by atoms with van der Waals surface area (Å²) in [5.74, 6) is -0.936. The van der Waals surface area contributed by atoms with Crippen LogP contribution in [0.25, 0.3) is 0 Å². The molecule has 0 heterocycles. The van der Waals surface area contributed by atoms with Crippen LogP contribution in [0.3, 0.4) is 0 Å². The first-order valence-corrected chi connectivity index (χ1v) is 4.61. The van der Waals surface area contributed by atoms with Crippen molar-refractivity contribution in [2.24, 2.45) is 0 Å². The van der Waals surface area contributed by atoms with Crippen molar-refractivity contribution in [1.82, 2.24) is 0 Å². The van der Waals surface area contributed by atoms with Gasteiger partial charge < -0.3 is 5.11 Å². The first-order valence-electron chi connectivity index (χ1n) is 3.03. The normalized spacial score (nSPS) is 9.50. The van der Waals surface area contributed by atoms with Crippen LogP contribution in [0.15, 0.2) is 12.7 Å². The molecule has 0 unspecified atom stereocenters. The van der Waals surface area contributed by atoms with Crippen LogP contribution < -0.4 is 0 Å². The molecule has 0 spiro atoms. The molecule has 0 aliphatic heterocycles. The van der Waals surface area contributed by atoms with E-state index in [2.05, 4.69) is 10.8 Å². The van der Waals surface area contributed by atoms with Crippen molar-refractivity contribution in [3.8, 4) is 0 Å². The molecule has 0 bridgehead atoms. The van der Waals surface area contributed by atoms with E-state index >= 15 is 0 Å². The molecular weight excluding hydrogens is 184 g/mol. The minimum atomic E-state index is -3.16. The highest BCUT2D eigenvalue weighted by Crippen LogP contribution is 1.85. The van der Waals surface area contributed by atoms with E-state index in [1.54, 1.807) is 0 Å². The fourth-order valence-corrected chi connectivity index (χ4v) is 0.354. The van der Waals surface area contributed by atoms with Crippen molar-refractivity contribution in [3.63, 3.8) is 0 Å². The Kier molecular flexibility index (Phi) is 7.77. The van der Waals surface area contributed by atoms with Gasteiger partial charge in [-0.1, -0.05) is 6.58 Å². The first-order chi connectivity index (χ1) is 5.39. The topological polar surface area (TPSA) is 80.7 Å². The summed E-state index contributed by atoms with van der Waals surface area (Å²) < 4.78 is 24.4. The average Bonchev–Trinajstić information content (AvgIpc) is 2.05. The number of carboxylic acid groups (broad SMARTS) is 1. The van der Waals surface area contributed by atoms with Gasteiger partial charge in [-0.2, -0.15) is 8.42 Å². The van der Waals surface area contributed by atoms with Gasteiger partial charge in [-0.3, -0.25) is 4.18 Å². The maximum absolute atomic E-state index is 10.1. The van der Waals surface area contributed by atoms with Crippen LogP contribution in [0.1, 0.15) is 6.92 Å². The van der Waals surface area contributed by atoms with E-state index in [4.69, 9.17) is 5.11 Å². The average molecular weight is 196 g/mol. The van der Waals surface area contributed by atoms with Crippen LogP contribution in [0.4, 0.5) is 0 Å². The number of aliphatic carboxylic acids is 1. The fraction of sp³-hybridized carbons (Fsp3) is 0.500. The molecule has 0 atom stereocenters. The first kappa shape index (κ1) is 13.7. The summed E-state index contributed by atoms with van der Waals surface area (Å²) in [4.78, 5) is 9.25. The van der Waals surface area contributed by atoms with Gasteiger partial charge in [0.1, 0.15) is 0 Å². The largest absolute Gasteiger partial charge is 0.478 e. The quantitative estimate of drug-likeness (QED) is 0.516. The van der Waals surface area contributed by atoms with Crippen LogP contribution in [-0.4, -0.2) is 32.4 Å². The van der Waals surface area contributed by atoms with Gasteiger partial charge in [0.15, 0.2) is 0 Å². The van der Waals surface area contributed by atoms with Crippen molar-refractivity contribution in [2.45, 2.75) is 6.92 Å². The lowest BCUT2D eigenvalue weighted by Gasteiger charge is -1.90. The highest BCUT2D eigenvalue weighted by atomic mass is 32.2. The highest BCUT2D eigenvalue weighted by molar-refractivity contribution is 7.86. The van der Waals surface area contributed by atoms with Crippen molar-refractivity contribution >= 4 is 16.1 Å². The molecule has 0 amide bonds. The molecule has 0 saturated heterocycles. The molecular formula is C6H12O5S. The Balaban J connectivity index is 0. The Hall–Kier alpha value is -0.880. The number of carbonyl (C=O) groups is 1. The van der Waals surface area contributed by atoms with Crippen LogP contribution in [0, 0.1) is 0 Å². The van der Waals surface area contributed by atoms with Gasteiger partial charge in [-0.05, 0) is 6.92 Å². The third kappa shape index (κ3) is 11.9. The summed E-state index contributed by atoms with van der Waals surface area (Å²) in [7, 11) is -2.01. The van der Waals surface area contributed by atoms with Crippen LogP contribution >= 0.6 is 0 Å². The minimum Gasteiger partial charge on any atom is -0.478 e. The lowest BCUT2D eigenvalue weighted by Crippen LogP contribution is -2.03. The lowest BCUT2D eigenvalue weighted by atomic mass is 10.7. The van der Waals surface area contributed by atoms with E-state index in [1.165, 1.54) is 6.92 Å². The molecule has 0 saturated carbocycles. The summed E-state index contributed by atoms with van der Waals surface area (Å²) in [6.45, 7) is 4.49. The third-order valence-electron chi connectivity index (χ3n) is 0.782. The van der Waals surface area contributed by atoms with Gasteiger partial charge in [0, 0.05) is 6.08 Å². The summed E-state index contributed by atoms with van der Waals surface area (Å²) in [5.41, 5.74) is 0. The van der Waals surface area contributed by atoms with Gasteiger partial charge in [0.25, 0.3) is 10.1 Å². The molecule has 6 heteroatoms.